The minimum absolute atomic E-state index is 0.376. The monoisotopic (exact) mass is 350 g/mol. The highest BCUT2D eigenvalue weighted by Gasteiger charge is 2.21. The van der Waals surface area contributed by atoms with E-state index in [2.05, 4.69) is 26.2 Å². The number of nitrogens with one attached hydrogen (secondary N) is 1. The number of hydrogen-bond acceptors (Lipinski definition) is 4. The van der Waals surface area contributed by atoms with Gasteiger partial charge in [-0.1, -0.05) is 12.1 Å². The number of ether oxygens (including phenoxy) is 1. The highest BCUT2D eigenvalue weighted by molar-refractivity contribution is 9.10. The molecule has 1 unspecified atom stereocenters. The zero-order valence-corrected chi connectivity index (χ0v) is 13.3. The number of rotatable bonds is 7. The second kappa shape index (κ2) is 6.73. The minimum Gasteiger partial charge on any atom is -0.389 e. The molecule has 1 aliphatic carbocycles. The average molecular weight is 351 g/mol. The SMILES string of the molecule is OC(CNc1ccc2cccc(Br)c2n1)COCC1CC1. The Morgan fingerprint density at radius 1 is 1.33 bits per heavy atom. The molecule has 0 spiro atoms. The molecule has 1 aromatic heterocycles. The van der Waals surface area contributed by atoms with Crippen molar-refractivity contribution in [2.45, 2.75) is 18.9 Å². The van der Waals surface area contributed by atoms with Gasteiger partial charge in [-0.25, -0.2) is 4.98 Å². The molecule has 0 saturated heterocycles. The zero-order valence-electron chi connectivity index (χ0n) is 11.8. The lowest BCUT2D eigenvalue weighted by molar-refractivity contribution is 0.0386. The number of benzene rings is 1. The van der Waals surface area contributed by atoms with Crippen LogP contribution in [0.5, 0.6) is 0 Å². The fourth-order valence-corrected chi connectivity index (χ4v) is 2.62. The number of anilines is 1. The van der Waals surface area contributed by atoms with Gasteiger partial charge in [0.25, 0.3) is 0 Å². The lowest BCUT2D eigenvalue weighted by Crippen LogP contribution is -2.25. The Morgan fingerprint density at radius 3 is 3.00 bits per heavy atom. The van der Waals surface area contributed by atoms with Crippen LogP contribution < -0.4 is 5.32 Å². The fraction of sp³-hybridized carbons (Fsp3) is 0.438. The molecule has 0 aliphatic heterocycles. The van der Waals surface area contributed by atoms with Crippen LogP contribution in [-0.4, -0.2) is 36.0 Å². The van der Waals surface area contributed by atoms with E-state index < -0.39 is 6.10 Å². The van der Waals surface area contributed by atoms with Crippen molar-refractivity contribution in [2.24, 2.45) is 5.92 Å². The summed E-state index contributed by atoms with van der Waals surface area (Å²) in [4.78, 5) is 4.56. The van der Waals surface area contributed by atoms with Crippen molar-refractivity contribution >= 4 is 32.7 Å². The Morgan fingerprint density at radius 2 is 2.19 bits per heavy atom. The number of nitrogens with zero attached hydrogens (tertiary/aromatic N) is 1. The predicted molar refractivity (Wildman–Crippen MR) is 87.5 cm³/mol. The van der Waals surface area contributed by atoms with Gasteiger partial charge in [0.05, 0.1) is 18.2 Å². The molecular formula is C16H19BrN2O2. The van der Waals surface area contributed by atoms with Crippen molar-refractivity contribution in [3.63, 3.8) is 0 Å². The lowest BCUT2D eigenvalue weighted by atomic mass is 10.2. The van der Waals surface area contributed by atoms with Crippen molar-refractivity contribution in [1.82, 2.24) is 4.98 Å². The Bertz CT molecular complexity index is 616. The molecule has 1 atom stereocenters. The highest BCUT2D eigenvalue weighted by atomic mass is 79.9. The Labute approximate surface area is 132 Å². The van der Waals surface area contributed by atoms with E-state index in [1.54, 1.807) is 0 Å². The maximum Gasteiger partial charge on any atom is 0.126 e. The number of para-hydroxylation sites is 1. The summed E-state index contributed by atoms with van der Waals surface area (Å²) in [7, 11) is 0. The molecule has 3 rings (SSSR count). The van der Waals surface area contributed by atoms with Crippen molar-refractivity contribution in [3.05, 3.63) is 34.8 Å². The maximum atomic E-state index is 9.89. The van der Waals surface area contributed by atoms with E-state index in [-0.39, 0.29) is 0 Å². The number of pyridine rings is 1. The summed E-state index contributed by atoms with van der Waals surface area (Å²) in [5, 5.41) is 14.1. The minimum atomic E-state index is -0.513. The first kappa shape index (κ1) is 14.8. The second-order valence-corrected chi connectivity index (χ2v) is 6.38. The summed E-state index contributed by atoms with van der Waals surface area (Å²) in [6.07, 6.45) is 2.02. The Kier molecular flexibility index (Phi) is 4.73. The van der Waals surface area contributed by atoms with E-state index in [4.69, 9.17) is 4.74 Å². The van der Waals surface area contributed by atoms with Gasteiger partial charge in [-0.15, -0.1) is 0 Å². The van der Waals surface area contributed by atoms with E-state index in [1.165, 1.54) is 12.8 Å². The van der Waals surface area contributed by atoms with E-state index in [1.807, 2.05) is 30.3 Å². The summed E-state index contributed by atoms with van der Waals surface area (Å²) in [6, 6.07) is 9.93. The van der Waals surface area contributed by atoms with E-state index in [0.717, 1.165) is 33.7 Å². The van der Waals surface area contributed by atoms with E-state index >= 15 is 0 Å². The van der Waals surface area contributed by atoms with Crippen molar-refractivity contribution in [1.29, 1.82) is 0 Å². The van der Waals surface area contributed by atoms with Crippen molar-refractivity contribution in [3.8, 4) is 0 Å². The maximum absolute atomic E-state index is 9.89. The van der Waals surface area contributed by atoms with Gasteiger partial charge in [-0.3, -0.25) is 0 Å². The normalized spacial score (nSPS) is 16.1. The summed E-state index contributed by atoms with van der Waals surface area (Å²) in [6.45, 7) is 1.59. The molecule has 1 fully saturated rings. The van der Waals surface area contributed by atoms with Gasteiger partial charge in [0.15, 0.2) is 0 Å². The number of halogens is 1. The fourth-order valence-electron chi connectivity index (χ4n) is 2.15. The standard InChI is InChI=1S/C16H19BrN2O2/c17-14-3-1-2-12-6-7-15(19-16(12)14)18-8-13(20)10-21-9-11-4-5-11/h1-3,6-7,11,13,20H,4-5,8-10H2,(H,18,19). The van der Waals surface area contributed by atoms with Crippen LogP contribution in [0.1, 0.15) is 12.8 Å². The Balaban J connectivity index is 1.53. The van der Waals surface area contributed by atoms with Gasteiger partial charge >= 0.3 is 0 Å². The first-order valence-electron chi connectivity index (χ1n) is 7.27. The van der Waals surface area contributed by atoms with Gasteiger partial charge in [-0.05, 0) is 52.9 Å². The zero-order chi connectivity index (χ0) is 14.7. The van der Waals surface area contributed by atoms with Gasteiger partial charge in [-0.2, -0.15) is 0 Å². The van der Waals surface area contributed by atoms with Gasteiger partial charge in [0.2, 0.25) is 0 Å². The van der Waals surface area contributed by atoms with Crippen LogP contribution in [0.3, 0.4) is 0 Å². The van der Waals surface area contributed by atoms with E-state index in [0.29, 0.717) is 13.2 Å². The summed E-state index contributed by atoms with van der Waals surface area (Å²) in [5.41, 5.74) is 0.918. The molecule has 1 aliphatic rings. The molecule has 1 saturated carbocycles. The number of aromatic nitrogens is 1. The van der Waals surface area contributed by atoms with Crippen LogP contribution in [0.2, 0.25) is 0 Å². The first-order chi connectivity index (χ1) is 10.2. The van der Waals surface area contributed by atoms with Crippen LogP contribution in [0.25, 0.3) is 10.9 Å². The lowest BCUT2D eigenvalue weighted by Gasteiger charge is -2.13. The molecule has 2 N–H and O–H groups in total. The van der Waals surface area contributed by atoms with Gasteiger partial charge in [0.1, 0.15) is 5.82 Å². The van der Waals surface area contributed by atoms with Crippen LogP contribution in [0, 0.1) is 5.92 Å². The molecule has 1 aromatic carbocycles. The average Bonchev–Trinajstić information content (AvgIpc) is 3.30. The number of aliphatic hydroxyl groups excluding tert-OH is 1. The third-order valence-corrected chi connectivity index (χ3v) is 4.19. The first-order valence-corrected chi connectivity index (χ1v) is 8.06. The number of hydrogen-bond donors (Lipinski definition) is 2. The van der Waals surface area contributed by atoms with Crippen LogP contribution in [0.4, 0.5) is 5.82 Å². The molecular weight excluding hydrogens is 332 g/mol. The molecule has 2 aromatic rings. The summed E-state index contributed by atoms with van der Waals surface area (Å²) >= 11 is 3.51. The number of aliphatic hydroxyl groups is 1. The van der Waals surface area contributed by atoms with Crippen LogP contribution >= 0.6 is 15.9 Å². The molecule has 1 heterocycles. The molecule has 112 valence electrons. The van der Waals surface area contributed by atoms with Crippen LogP contribution in [0.15, 0.2) is 34.8 Å². The van der Waals surface area contributed by atoms with Crippen molar-refractivity contribution in [2.75, 3.05) is 25.1 Å². The smallest absolute Gasteiger partial charge is 0.126 e. The molecule has 0 bridgehead atoms. The highest BCUT2D eigenvalue weighted by Crippen LogP contribution is 2.28. The summed E-state index contributed by atoms with van der Waals surface area (Å²) < 4.78 is 6.45. The van der Waals surface area contributed by atoms with Crippen LogP contribution in [-0.2, 0) is 4.74 Å². The molecule has 0 amide bonds. The van der Waals surface area contributed by atoms with E-state index in [9.17, 15) is 5.11 Å². The van der Waals surface area contributed by atoms with Crippen molar-refractivity contribution < 1.29 is 9.84 Å². The number of fused-ring (bicyclic) bond motifs is 1. The topological polar surface area (TPSA) is 54.4 Å². The largest absolute Gasteiger partial charge is 0.389 e. The summed E-state index contributed by atoms with van der Waals surface area (Å²) in [5.74, 6) is 1.49. The molecule has 21 heavy (non-hydrogen) atoms. The van der Waals surface area contributed by atoms with Gasteiger partial charge < -0.3 is 15.2 Å². The Hall–Kier alpha value is -1.17. The third-order valence-electron chi connectivity index (χ3n) is 3.55. The second-order valence-electron chi connectivity index (χ2n) is 5.52. The third kappa shape index (κ3) is 4.15. The van der Waals surface area contributed by atoms with Gasteiger partial charge in [0, 0.05) is 23.0 Å². The quantitative estimate of drug-likeness (QED) is 0.805. The molecule has 4 nitrogen and oxygen atoms in total. The molecule has 0 radical (unpaired) electrons. The predicted octanol–water partition coefficient (Wildman–Crippen LogP) is 3.20. The molecule has 5 heteroatoms.